The number of nitrogens with one attached hydrogen (secondary N) is 2. The lowest BCUT2D eigenvalue weighted by Crippen LogP contribution is -2.58. The highest BCUT2D eigenvalue weighted by atomic mass is 16.4. The second kappa shape index (κ2) is 14.5. The monoisotopic (exact) mass is 548 g/mol. The number of aliphatic carboxylic acids is 1. The van der Waals surface area contributed by atoms with Gasteiger partial charge in [0.15, 0.2) is 5.96 Å². The SMILES string of the molecule is NC(=O)CC(NC(=O)C(N)Cc1ccc(O)cc1)C(=O)NC(CCCN=C(N)N)C(=O)N1CCCC1C(=O)O. The lowest BCUT2D eigenvalue weighted by Gasteiger charge is -2.28. The van der Waals surface area contributed by atoms with Crippen molar-refractivity contribution in [3.05, 3.63) is 29.8 Å². The molecule has 15 heteroatoms. The molecule has 12 N–H and O–H groups in total. The molecule has 2 rings (SSSR count). The molecule has 0 aliphatic carbocycles. The number of rotatable bonds is 14. The van der Waals surface area contributed by atoms with Crippen molar-refractivity contribution in [2.45, 2.75) is 62.7 Å². The second-order valence-corrected chi connectivity index (χ2v) is 9.25. The van der Waals surface area contributed by atoms with E-state index in [1.807, 2.05) is 0 Å². The predicted octanol–water partition coefficient (Wildman–Crippen LogP) is -2.76. The van der Waals surface area contributed by atoms with Crippen LogP contribution >= 0.6 is 0 Å². The van der Waals surface area contributed by atoms with E-state index >= 15 is 0 Å². The van der Waals surface area contributed by atoms with Crippen molar-refractivity contribution in [3.63, 3.8) is 0 Å². The number of aliphatic imine (C=N–C) groups is 1. The lowest BCUT2D eigenvalue weighted by atomic mass is 10.0. The summed E-state index contributed by atoms with van der Waals surface area (Å²) in [4.78, 5) is 67.5. The molecule has 1 aliphatic heterocycles. The average molecular weight is 549 g/mol. The van der Waals surface area contributed by atoms with Crippen LogP contribution in [0.5, 0.6) is 5.75 Å². The number of amides is 4. The first-order chi connectivity index (χ1) is 18.4. The standard InChI is InChI=1S/C24H36N8O7/c25-15(11-13-5-7-14(33)8-6-13)20(35)31-17(12-19(26)34)21(36)30-16(3-1-9-29-24(27)28)22(37)32-10-2-4-18(32)23(38)39/h5-8,15-18,33H,1-4,9-12,25H2,(H2,26,34)(H,30,36)(H,31,35)(H,38,39)(H4,27,28,29). The second-order valence-electron chi connectivity index (χ2n) is 9.25. The largest absolute Gasteiger partial charge is 0.508 e. The number of nitrogens with zero attached hydrogens (tertiary/aromatic N) is 2. The van der Waals surface area contributed by atoms with Gasteiger partial charge in [-0.1, -0.05) is 12.1 Å². The summed E-state index contributed by atoms with van der Waals surface area (Å²) < 4.78 is 0. The minimum absolute atomic E-state index is 0.0426. The number of benzene rings is 1. The van der Waals surface area contributed by atoms with Crippen molar-refractivity contribution in [2.24, 2.45) is 27.9 Å². The van der Waals surface area contributed by atoms with Crippen LogP contribution in [0.3, 0.4) is 0 Å². The molecule has 0 spiro atoms. The number of hydrogen-bond donors (Lipinski definition) is 8. The molecule has 1 fully saturated rings. The average Bonchev–Trinajstić information content (AvgIpc) is 3.36. The van der Waals surface area contributed by atoms with E-state index in [0.717, 1.165) is 0 Å². The number of guanidine groups is 1. The van der Waals surface area contributed by atoms with E-state index in [1.54, 1.807) is 12.1 Å². The number of carboxylic acid groups (broad SMARTS) is 1. The van der Waals surface area contributed by atoms with Crippen molar-refractivity contribution in [1.29, 1.82) is 0 Å². The molecule has 4 atom stereocenters. The van der Waals surface area contributed by atoms with Gasteiger partial charge in [0.2, 0.25) is 23.6 Å². The van der Waals surface area contributed by atoms with Crippen molar-refractivity contribution >= 4 is 35.6 Å². The molecular weight excluding hydrogens is 512 g/mol. The Bertz CT molecular complexity index is 1070. The summed E-state index contributed by atoms with van der Waals surface area (Å²) in [7, 11) is 0. The van der Waals surface area contributed by atoms with Crippen molar-refractivity contribution in [3.8, 4) is 5.75 Å². The zero-order valence-electron chi connectivity index (χ0n) is 21.4. The van der Waals surface area contributed by atoms with Crippen molar-refractivity contribution < 1.29 is 34.2 Å². The molecule has 214 valence electrons. The molecule has 4 unspecified atom stereocenters. The molecule has 1 aliphatic rings. The Morgan fingerprint density at radius 1 is 1.03 bits per heavy atom. The summed E-state index contributed by atoms with van der Waals surface area (Å²) in [6, 6.07) is 1.28. The van der Waals surface area contributed by atoms with E-state index in [2.05, 4.69) is 15.6 Å². The highest BCUT2D eigenvalue weighted by Crippen LogP contribution is 2.20. The third-order valence-corrected chi connectivity index (χ3v) is 6.15. The van der Waals surface area contributed by atoms with E-state index < -0.39 is 60.2 Å². The highest BCUT2D eigenvalue weighted by Gasteiger charge is 2.38. The quantitative estimate of drug-likeness (QED) is 0.0673. The Balaban J connectivity index is 2.15. The number of carbonyl (C=O) groups excluding carboxylic acids is 4. The van der Waals surface area contributed by atoms with E-state index in [-0.39, 0.29) is 50.5 Å². The van der Waals surface area contributed by atoms with Gasteiger partial charge in [-0.05, 0) is 49.8 Å². The van der Waals surface area contributed by atoms with Crippen LogP contribution in [-0.4, -0.2) is 87.9 Å². The van der Waals surface area contributed by atoms with Gasteiger partial charge in [-0.2, -0.15) is 0 Å². The van der Waals surface area contributed by atoms with Crippen LogP contribution in [0.2, 0.25) is 0 Å². The van der Waals surface area contributed by atoms with Gasteiger partial charge >= 0.3 is 5.97 Å². The van der Waals surface area contributed by atoms with Crippen LogP contribution in [0.1, 0.15) is 37.7 Å². The zero-order chi connectivity index (χ0) is 29.1. The Labute approximate surface area is 225 Å². The van der Waals surface area contributed by atoms with Gasteiger partial charge in [-0.15, -0.1) is 0 Å². The van der Waals surface area contributed by atoms with Gasteiger partial charge in [-0.25, -0.2) is 4.79 Å². The zero-order valence-corrected chi connectivity index (χ0v) is 21.4. The van der Waals surface area contributed by atoms with Gasteiger partial charge in [0, 0.05) is 13.1 Å². The number of carbonyl (C=O) groups is 5. The number of nitrogens with two attached hydrogens (primary N) is 4. The van der Waals surface area contributed by atoms with Gasteiger partial charge in [-0.3, -0.25) is 24.2 Å². The van der Waals surface area contributed by atoms with Crippen molar-refractivity contribution in [2.75, 3.05) is 13.1 Å². The molecule has 0 saturated carbocycles. The Kier molecular flexibility index (Phi) is 11.5. The molecule has 1 aromatic rings. The smallest absolute Gasteiger partial charge is 0.326 e. The predicted molar refractivity (Wildman–Crippen MR) is 140 cm³/mol. The maximum Gasteiger partial charge on any atom is 0.326 e. The molecule has 1 saturated heterocycles. The summed E-state index contributed by atoms with van der Waals surface area (Å²) in [6.45, 7) is 0.349. The normalized spacial score (nSPS) is 16.9. The molecule has 0 bridgehead atoms. The fourth-order valence-corrected chi connectivity index (χ4v) is 4.19. The molecule has 4 amide bonds. The van der Waals surface area contributed by atoms with Gasteiger partial charge < -0.3 is 48.7 Å². The fourth-order valence-electron chi connectivity index (χ4n) is 4.19. The molecule has 0 radical (unpaired) electrons. The topological polar surface area (TPSA) is 270 Å². The summed E-state index contributed by atoms with van der Waals surface area (Å²) in [5.41, 5.74) is 22.6. The first-order valence-electron chi connectivity index (χ1n) is 12.4. The maximum atomic E-state index is 13.3. The van der Waals surface area contributed by atoms with E-state index in [0.29, 0.717) is 12.0 Å². The number of aromatic hydroxyl groups is 1. The fraction of sp³-hybridized carbons (Fsp3) is 0.500. The first-order valence-corrected chi connectivity index (χ1v) is 12.4. The summed E-state index contributed by atoms with van der Waals surface area (Å²) in [5, 5.41) is 23.8. The number of likely N-dealkylation sites (tertiary alicyclic amines) is 1. The lowest BCUT2D eigenvalue weighted by molar-refractivity contribution is -0.149. The Hall–Kier alpha value is -4.40. The van der Waals surface area contributed by atoms with Crippen LogP contribution in [0.4, 0.5) is 0 Å². The molecular formula is C24H36N8O7. The summed E-state index contributed by atoms with van der Waals surface area (Å²) in [6.07, 6.45) is 0.590. The summed E-state index contributed by atoms with van der Waals surface area (Å²) in [5.74, 6) is -4.39. The van der Waals surface area contributed by atoms with Crippen LogP contribution in [0.15, 0.2) is 29.3 Å². The van der Waals surface area contributed by atoms with Crippen LogP contribution in [-0.2, 0) is 30.4 Å². The van der Waals surface area contributed by atoms with E-state index in [1.165, 1.54) is 17.0 Å². The number of primary amides is 1. The third-order valence-electron chi connectivity index (χ3n) is 6.15. The number of phenolic OH excluding ortho intramolecular Hbond substituents is 1. The minimum atomic E-state index is -1.44. The third kappa shape index (κ3) is 9.77. The Morgan fingerprint density at radius 2 is 1.67 bits per heavy atom. The van der Waals surface area contributed by atoms with Crippen LogP contribution in [0.25, 0.3) is 0 Å². The first kappa shape index (κ1) is 30.8. The molecule has 15 nitrogen and oxygen atoms in total. The van der Waals surface area contributed by atoms with Gasteiger partial charge in [0.25, 0.3) is 0 Å². The summed E-state index contributed by atoms with van der Waals surface area (Å²) >= 11 is 0. The van der Waals surface area contributed by atoms with Crippen molar-refractivity contribution in [1.82, 2.24) is 15.5 Å². The molecule has 1 aromatic carbocycles. The minimum Gasteiger partial charge on any atom is -0.508 e. The maximum absolute atomic E-state index is 13.3. The molecule has 1 heterocycles. The molecule has 0 aromatic heterocycles. The molecule has 39 heavy (non-hydrogen) atoms. The van der Waals surface area contributed by atoms with E-state index in [4.69, 9.17) is 22.9 Å². The highest BCUT2D eigenvalue weighted by molar-refractivity contribution is 5.96. The van der Waals surface area contributed by atoms with Crippen LogP contribution < -0.4 is 33.6 Å². The van der Waals surface area contributed by atoms with Gasteiger partial charge in [0.1, 0.15) is 23.9 Å². The Morgan fingerprint density at radius 3 is 2.26 bits per heavy atom. The number of phenols is 1. The number of carboxylic acids is 1. The van der Waals surface area contributed by atoms with Crippen LogP contribution in [0, 0.1) is 0 Å². The van der Waals surface area contributed by atoms with Gasteiger partial charge in [0.05, 0.1) is 12.5 Å². The van der Waals surface area contributed by atoms with E-state index in [9.17, 15) is 34.2 Å². The number of hydrogen-bond acceptors (Lipinski definition) is 8.